The normalized spacial score (nSPS) is 20.3. The van der Waals surface area contributed by atoms with Crippen LogP contribution in [0.2, 0.25) is 5.02 Å². The quantitative estimate of drug-likeness (QED) is 0.834. The molecule has 1 saturated heterocycles. The lowest BCUT2D eigenvalue weighted by Gasteiger charge is -2.24. The molecule has 0 radical (unpaired) electrons. The molecule has 3 nitrogen and oxygen atoms in total. The zero-order valence-corrected chi connectivity index (χ0v) is 12.0. The van der Waals surface area contributed by atoms with Crippen molar-refractivity contribution in [3.05, 3.63) is 22.8 Å². The molecule has 0 aliphatic carbocycles. The van der Waals surface area contributed by atoms with E-state index >= 15 is 0 Å². The molecule has 0 N–H and O–H groups in total. The summed E-state index contributed by atoms with van der Waals surface area (Å²) in [6, 6.07) is 5.71. The molecule has 0 bridgehead atoms. The molecule has 0 spiro atoms. The standard InChI is InChI=1S/C13H16ClN3S/c1-18-10-4-2-3-7-17(9-10)13-6-5-11(14)12(8-15)16-13/h5-6,10H,2-4,7,9H2,1H3. The van der Waals surface area contributed by atoms with E-state index in [9.17, 15) is 0 Å². The average molecular weight is 282 g/mol. The second kappa shape index (κ2) is 6.31. The van der Waals surface area contributed by atoms with Crippen LogP contribution in [0.15, 0.2) is 12.1 Å². The zero-order chi connectivity index (χ0) is 13.0. The molecular formula is C13H16ClN3S. The molecule has 2 rings (SSSR count). The molecule has 1 aromatic heterocycles. The van der Waals surface area contributed by atoms with Crippen molar-refractivity contribution >= 4 is 29.2 Å². The average Bonchev–Trinajstić information content (AvgIpc) is 2.64. The predicted octanol–water partition coefficient (Wildman–Crippen LogP) is 3.33. The molecule has 2 heterocycles. The van der Waals surface area contributed by atoms with Gasteiger partial charge in [-0.1, -0.05) is 18.0 Å². The van der Waals surface area contributed by atoms with E-state index in [0.29, 0.717) is 16.0 Å². The number of aromatic nitrogens is 1. The molecule has 96 valence electrons. The van der Waals surface area contributed by atoms with Crippen molar-refractivity contribution in [3.8, 4) is 6.07 Å². The van der Waals surface area contributed by atoms with Gasteiger partial charge in [-0.2, -0.15) is 17.0 Å². The number of hydrogen-bond acceptors (Lipinski definition) is 4. The van der Waals surface area contributed by atoms with Gasteiger partial charge >= 0.3 is 0 Å². The highest BCUT2D eigenvalue weighted by Gasteiger charge is 2.19. The third-order valence-electron chi connectivity index (χ3n) is 3.22. The molecule has 1 aliphatic heterocycles. The largest absolute Gasteiger partial charge is 0.355 e. The van der Waals surface area contributed by atoms with E-state index in [4.69, 9.17) is 16.9 Å². The summed E-state index contributed by atoms with van der Waals surface area (Å²) >= 11 is 7.83. The molecule has 18 heavy (non-hydrogen) atoms. The van der Waals surface area contributed by atoms with Gasteiger partial charge in [0.25, 0.3) is 0 Å². The first-order chi connectivity index (χ1) is 8.74. The smallest absolute Gasteiger partial charge is 0.161 e. The van der Waals surface area contributed by atoms with Crippen LogP contribution in [0.4, 0.5) is 5.82 Å². The van der Waals surface area contributed by atoms with Gasteiger partial charge in [-0.3, -0.25) is 0 Å². The molecule has 0 aromatic carbocycles. The van der Waals surface area contributed by atoms with Crippen molar-refractivity contribution in [2.24, 2.45) is 0 Å². The van der Waals surface area contributed by atoms with Crippen LogP contribution in [-0.4, -0.2) is 29.6 Å². The Bertz CT molecular complexity index is 458. The fourth-order valence-electron chi connectivity index (χ4n) is 2.19. The number of hydrogen-bond donors (Lipinski definition) is 0. The van der Waals surface area contributed by atoms with Gasteiger partial charge < -0.3 is 4.90 Å². The van der Waals surface area contributed by atoms with Gasteiger partial charge in [0, 0.05) is 18.3 Å². The second-order valence-electron chi connectivity index (χ2n) is 4.41. The summed E-state index contributed by atoms with van der Waals surface area (Å²) in [6.45, 7) is 2.01. The maximum absolute atomic E-state index is 8.98. The second-order valence-corrected chi connectivity index (χ2v) is 5.96. The Morgan fingerprint density at radius 3 is 3.06 bits per heavy atom. The number of anilines is 1. The van der Waals surface area contributed by atoms with E-state index in [0.717, 1.165) is 18.9 Å². The van der Waals surface area contributed by atoms with Gasteiger partial charge in [0.2, 0.25) is 0 Å². The molecule has 1 aliphatic rings. The van der Waals surface area contributed by atoms with Crippen molar-refractivity contribution in [2.75, 3.05) is 24.2 Å². The number of pyridine rings is 1. The van der Waals surface area contributed by atoms with E-state index in [1.807, 2.05) is 23.9 Å². The Morgan fingerprint density at radius 2 is 2.33 bits per heavy atom. The minimum absolute atomic E-state index is 0.319. The summed E-state index contributed by atoms with van der Waals surface area (Å²) in [7, 11) is 0. The van der Waals surface area contributed by atoms with E-state index in [1.165, 1.54) is 19.3 Å². The van der Waals surface area contributed by atoms with Crippen molar-refractivity contribution in [1.82, 2.24) is 4.98 Å². The first-order valence-corrected chi connectivity index (χ1v) is 7.75. The lowest BCUT2D eigenvalue weighted by atomic mass is 10.2. The van der Waals surface area contributed by atoms with Crippen LogP contribution in [0.3, 0.4) is 0 Å². The number of nitrogens with zero attached hydrogens (tertiary/aromatic N) is 3. The Balaban J connectivity index is 2.21. The third kappa shape index (κ3) is 3.09. The predicted molar refractivity (Wildman–Crippen MR) is 77.3 cm³/mol. The Kier molecular flexibility index (Phi) is 4.73. The minimum atomic E-state index is 0.319. The minimum Gasteiger partial charge on any atom is -0.355 e. The van der Waals surface area contributed by atoms with E-state index in [2.05, 4.69) is 16.1 Å². The highest BCUT2D eigenvalue weighted by atomic mass is 35.5. The number of thioether (sulfide) groups is 1. The van der Waals surface area contributed by atoms with Crippen LogP contribution in [0.25, 0.3) is 0 Å². The first-order valence-electron chi connectivity index (χ1n) is 6.09. The molecule has 0 amide bonds. The number of nitriles is 1. The van der Waals surface area contributed by atoms with Crippen molar-refractivity contribution < 1.29 is 0 Å². The molecule has 5 heteroatoms. The summed E-state index contributed by atoms with van der Waals surface area (Å²) in [5, 5.41) is 10.1. The summed E-state index contributed by atoms with van der Waals surface area (Å²) in [5.74, 6) is 0.872. The van der Waals surface area contributed by atoms with E-state index in [-0.39, 0.29) is 0 Å². The van der Waals surface area contributed by atoms with Crippen LogP contribution >= 0.6 is 23.4 Å². The van der Waals surface area contributed by atoms with Gasteiger partial charge in [0.05, 0.1) is 5.02 Å². The van der Waals surface area contributed by atoms with Crippen molar-refractivity contribution in [2.45, 2.75) is 24.5 Å². The van der Waals surface area contributed by atoms with Gasteiger partial charge in [-0.05, 0) is 31.2 Å². The Labute approximate surface area is 117 Å². The Hall–Kier alpha value is -0.920. The maximum Gasteiger partial charge on any atom is 0.161 e. The fraction of sp³-hybridized carbons (Fsp3) is 0.538. The van der Waals surface area contributed by atoms with Crippen LogP contribution in [0, 0.1) is 11.3 Å². The topological polar surface area (TPSA) is 39.9 Å². The third-order valence-corrected chi connectivity index (χ3v) is 4.58. The van der Waals surface area contributed by atoms with Crippen molar-refractivity contribution in [3.63, 3.8) is 0 Å². The maximum atomic E-state index is 8.98. The molecule has 1 atom stereocenters. The number of halogens is 1. The van der Waals surface area contributed by atoms with Gasteiger partial charge in [-0.25, -0.2) is 4.98 Å². The molecule has 1 unspecified atom stereocenters. The van der Waals surface area contributed by atoms with Crippen LogP contribution in [0.1, 0.15) is 25.0 Å². The molecule has 1 aromatic rings. The van der Waals surface area contributed by atoms with Crippen LogP contribution < -0.4 is 4.90 Å². The zero-order valence-electron chi connectivity index (χ0n) is 10.4. The number of rotatable bonds is 2. The summed E-state index contributed by atoms with van der Waals surface area (Å²) in [5.41, 5.74) is 0.319. The summed E-state index contributed by atoms with van der Waals surface area (Å²) in [4.78, 5) is 6.62. The van der Waals surface area contributed by atoms with Gasteiger partial charge in [0.1, 0.15) is 11.9 Å². The summed E-state index contributed by atoms with van der Waals surface area (Å²) in [6.07, 6.45) is 5.87. The summed E-state index contributed by atoms with van der Waals surface area (Å²) < 4.78 is 0. The van der Waals surface area contributed by atoms with Crippen LogP contribution in [-0.2, 0) is 0 Å². The highest BCUT2D eigenvalue weighted by molar-refractivity contribution is 7.99. The lowest BCUT2D eigenvalue weighted by molar-refractivity contribution is 0.736. The van der Waals surface area contributed by atoms with E-state index < -0.39 is 0 Å². The van der Waals surface area contributed by atoms with Gasteiger partial charge in [0.15, 0.2) is 5.69 Å². The van der Waals surface area contributed by atoms with Gasteiger partial charge in [-0.15, -0.1) is 0 Å². The van der Waals surface area contributed by atoms with E-state index in [1.54, 1.807) is 6.07 Å². The fourth-order valence-corrected chi connectivity index (χ4v) is 3.07. The monoisotopic (exact) mass is 281 g/mol. The lowest BCUT2D eigenvalue weighted by Crippen LogP contribution is -2.30. The molecular weight excluding hydrogens is 266 g/mol. The van der Waals surface area contributed by atoms with Crippen molar-refractivity contribution in [1.29, 1.82) is 5.26 Å². The highest BCUT2D eigenvalue weighted by Crippen LogP contribution is 2.25. The first kappa shape index (κ1) is 13.5. The molecule has 1 fully saturated rings. The van der Waals surface area contributed by atoms with Crippen LogP contribution in [0.5, 0.6) is 0 Å². The SMILES string of the molecule is CSC1CCCCN(c2ccc(Cl)c(C#N)n2)C1. The Morgan fingerprint density at radius 1 is 1.50 bits per heavy atom. The molecule has 0 saturated carbocycles.